The van der Waals surface area contributed by atoms with Gasteiger partial charge in [0.15, 0.2) is 0 Å². The summed E-state index contributed by atoms with van der Waals surface area (Å²) in [4.78, 5) is 49.9. The van der Waals surface area contributed by atoms with Crippen LogP contribution in [0.4, 0.5) is 11.4 Å². The van der Waals surface area contributed by atoms with Gasteiger partial charge in [0.05, 0.1) is 26.8 Å². The molecule has 10 heteroatoms. The lowest BCUT2D eigenvalue weighted by molar-refractivity contribution is -0.384. The summed E-state index contributed by atoms with van der Waals surface area (Å²) in [5.41, 5.74) is 0.281. The Labute approximate surface area is 175 Å². The van der Waals surface area contributed by atoms with Gasteiger partial charge < -0.3 is 5.32 Å². The first kappa shape index (κ1) is 20.8. The molecule has 3 rings (SSSR count). The lowest BCUT2D eigenvalue weighted by Crippen LogP contribution is -2.47. The first-order valence-corrected chi connectivity index (χ1v) is 10.3. The smallest absolute Gasteiger partial charge is 0.271 e. The maximum atomic E-state index is 13.0. The molecule has 0 aromatic heterocycles. The summed E-state index contributed by atoms with van der Waals surface area (Å²) >= 11 is 7.52. The Morgan fingerprint density at radius 3 is 2.38 bits per heavy atom. The number of nitro benzene ring substituents is 1. The minimum Gasteiger partial charge on any atom is -0.323 e. The van der Waals surface area contributed by atoms with Gasteiger partial charge in [-0.3, -0.25) is 29.4 Å². The van der Waals surface area contributed by atoms with Crippen LogP contribution in [0.2, 0.25) is 5.02 Å². The number of nitro groups is 1. The first-order chi connectivity index (χ1) is 13.8. The van der Waals surface area contributed by atoms with Crippen LogP contribution in [0.1, 0.15) is 27.1 Å². The quantitative estimate of drug-likeness (QED) is 0.406. The monoisotopic (exact) mass is 433 g/mol. The number of fused-ring (bicyclic) bond motifs is 1. The minimum absolute atomic E-state index is 0.0385. The number of non-ortho nitro benzene ring substituents is 1. The van der Waals surface area contributed by atoms with Gasteiger partial charge in [0, 0.05) is 12.1 Å². The second-order valence-corrected chi connectivity index (χ2v) is 7.63. The van der Waals surface area contributed by atoms with E-state index in [1.807, 2.05) is 6.26 Å². The highest BCUT2D eigenvalue weighted by atomic mass is 35.5. The number of hydrogen-bond acceptors (Lipinski definition) is 6. The molecular formula is C19H16ClN3O5S. The second kappa shape index (κ2) is 8.62. The summed E-state index contributed by atoms with van der Waals surface area (Å²) in [7, 11) is 0. The van der Waals surface area contributed by atoms with Crippen LogP contribution < -0.4 is 5.32 Å². The molecule has 0 bridgehead atoms. The average Bonchev–Trinajstić information content (AvgIpc) is 2.95. The minimum atomic E-state index is -1.08. The highest BCUT2D eigenvalue weighted by Crippen LogP contribution is 2.29. The topological polar surface area (TPSA) is 110 Å². The zero-order valence-corrected chi connectivity index (χ0v) is 16.8. The van der Waals surface area contributed by atoms with Gasteiger partial charge in [0.1, 0.15) is 6.04 Å². The van der Waals surface area contributed by atoms with E-state index in [0.717, 1.165) is 11.0 Å². The van der Waals surface area contributed by atoms with Crippen molar-refractivity contribution in [3.8, 4) is 0 Å². The Balaban J connectivity index is 1.91. The maximum absolute atomic E-state index is 13.0. The molecule has 1 aliphatic heterocycles. The predicted molar refractivity (Wildman–Crippen MR) is 110 cm³/mol. The van der Waals surface area contributed by atoms with Crippen molar-refractivity contribution in [2.75, 3.05) is 17.3 Å². The van der Waals surface area contributed by atoms with E-state index in [0.29, 0.717) is 5.75 Å². The molecule has 1 N–H and O–H groups in total. The van der Waals surface area contributed by atoms with Crippen LogP contribution in [0.15, 0.2) is 42.5 Å². The number of carbonyl (C=O) groups excluding carboxylic acids is 3. The van der Waals surface area contributed by atoms with E-state index in [2.05, 4.69) is 5.32 Å². The Kier molecular flexibility index (Phi) is 6.19. The molecule has 0 spiro atoms. The Bertz CT molecular complexity index is 978. The number of nitrogens with one attached hydrogen (secondary N) is 1. The molecule has 1 unspecified atom stereocenters. The summed E-state index contributed by atoms with van der Waals surface area (Å²) in [6, 6.07) is 8.94. The van der Waals surface area contributed by atoms with Gasteiger partial charge in [0.2, 0.25) is 5.91 Å². The van der Waals surface area contributed by atoms with Crippen molar-refractivity contribution in [1.29, 1.82) is 0 Å². The molecule has 29 heavy (non-hydrogen) atoms. The molecule has 150 valence electrons. The van der Waals surface area contributed by atoms with Gasteiger partial charge in [-0.25, -0.2) is 0 Å². The van der Waals surface area contributed by atoms with E-state index < -0.39 is 28.7 Å². The molecule has 0 saturated carbocycles. The van der Waals surface area contributed by atoms with E-state index in [1.165, 1.54) is 36.0 Å². The number of carbonyl (C=O) groups is 3. The molecular weight excluding hydrogens is 418 g/mol. The van der Waals surface area contributed by atoms with E-state index in [1.54, 1.807) is 12.1 Å². The van der Waals surface area contributed by atoms with Gasteiger partial charge in [-0.15, -0.1) is 0 Å². The van der Waals surface area contributed by atoms with Gasteiger partial charge in [0.25, 0.3) is 17.5 Å². The molecule has 8 nitrogen and oxygen atoms in total. The second-order valence-electron chi connectivity index (χ2n) is 6.23. The summed E-state index contributed by atoms with van der Waals surface area (Å²) in [6.45, 7) is 0. The van der Waals surface area contributed by atoms with Crippen LogP contribution in [0, 0.1) is 10.1 Å². The highest BCUT2D eigenvalue weighted by Gasteiger charge is 2.42. The van der Waals surface area contributed by atoms with Crippen molar-refractivity contribution in [2.24, 2.45) is 0 Å². The largest absolute Gasteiger partial charge is 0.323 e. The summed E-state index contributed by atoms with van der Waals surface area (Å²) in [6.07, 6.45) is 2.07. The number of hydrogen-bond donors (Lipinski definition) is 1. The van der Waals surface area contributed by atoms with Crippen molar-refractivity contribution < 1.29 is 19.3 Å². The van der Waals surface area contributed by atoms with E-state index in [4.69, 9.17) is 11.6 Å². The fourth-order valence-corrected chi connectivity index (χ4v) is 3.66. The number of amides is 3. The van der Waals surface area contributed by atoms with Crippen molar-refractivity contribution in [3.63, 3.8) is 0 Å². The third-order valence-corrected chi connectivity index (χ3v) is 5.43. The van der Waals surface area contributed by atoms with E-state index >= 15 is 0 Å². The number of anilines is 1. The molecule has 0 fully saturated rings. The molecule has 0 aliphatic carbocycles. The highest BCUT2D eigenvalue weighted by molar-refractivity contribution is 7.98. The van der Waals surface area contributed by atoms with Gasteiger partial charge in [-0.1, -0.05) is 23.7 Å². The fraction of sp³-hybridized carbons (Fsp3) is 0.211. The normalized spacial score (nSPS) is 13.9. The lowest BCUT2D eigenvalue weighted by Gasteiger charge is -2.25. The van der Waals surface area contributed by atoms with Crippen LogP contribution in [-0.4, -0.2) is 45.6 Å². The maximum Gasteiger partial charge on any atom is 0.271 e. The molecule has 0 saturated heterocycles. The molecule has 3 amide bonds. The van der Waals surface area contributed by atoms with Gasteiger partial charge in [-0.2, -0.15) is 11.8 Å². The summed E-state index contributed by atoms with van der Waals surface area (Å²) in [5.74, 6) is -1.21. The van der Waals surface area contributed by atoms with Crippen LogP contribution >= 0.6 is 23.4 Å². The molecule has 1 heterocycles. The van der Waals surface area contributed by atoms with E-state index in [9.17, 15) is 24.5 Å². The summed E-state index contributed by atoms with van der Waals surface area (Å²) < 4.78 is 0. The SMILES string of the molecule is CSCCC(C(=O)Nc1cc([N+](=O)[O-])ccc1Cl)N1C(=O)c2ccccc2C1=O. The number of benzene rings is 2. The number of thioether (sulfide) groups is 1. The Hall–Kier alpha value is -2.91. The van der Waals surface area contributed by atoms with Crippen LogP contribution in [-0.2, 0) is 4.79 Å². The zero-order chi connectivity index (χ0) is 21.1. The number of halogens is 1. The number of imide groups is 1. The number of nitrogens with zero attached hydrogens (tertiary/aromatic N) is 2. The fourth-order valence-electron chi connectivity index (χ4n) is 3.04. The van der Waals surface area contributed by atoms with Crippen LogP contribution in [0.3, 0.4) is 0 Å². The third-order valence-electron chi connectivity index (χ3n) is 4.45. The average molecular weight is 434 g/mol. The molecule has 1 atom stereocenters. The van der Waals surface area contributed by atoms with E-state index in [-0.39, 0.29) is 33.9 Å². The number of rotatable bonds is 7. The van der Waals surface area contributed by atoms with Crippen molar-refractivity contribution in [2.45, 2.75) is 12.5 Å². The van der Waals surface area contributed by atoms with Crippen LogP contribution in [0.5, 0.6) is 0 Å². The molecule has 2 aromatic rings. The standard InChI is InChI=1S/C19H16ClN3O5S/c1-29-9-8-16(22-18(25)12-4-2-3-5-13(12)19(22)26)17(24)21-15-10-11(23(27)28)6-7-14(15)20/h2-7,10,16H,8-9H2,1H3,(H,21,24). The van der Waals surface area contributed by atoms with Crippen molar-refractivity contribution in [3.05, 3.63) is 68.7 Å². The summed E-state index contributed by atoms with van der Waals surface area (Å²) in [5, 5.41) is 13.6. The first-order valence-electron chi connectivity index (χ1n) is 8.55. The zero-order valence-electron chi connectivity index (χ0n) is 15.3. The van der Waals surface area contributed by atoms with Gasteiger partial charge >= 0.3 is 0 Å². The Morgan fingerprint density at radius 1 is 1.21 bits per heavy atom. The van der Waals surface area contributed by atoms with Crippen molar-refractivity contribution >= 4 is 52.5 Å². The van der Waals surface area contributed by atoms with Crippen molar-refractivity contribution in [1.82, 2.24) is 4.90 Å². The molecule has 0 radical (unpaired) electrons. The molecule has 1 aliphatic rings. The lowest BCUT2D eigenvalue weighted by atomic mass is 10.1. The Morgan fingerprint density at radius 2 is 1.83 bits per heavy atom. The van der Waals surface area contributed by atoms with Gasteiger partial charge in [-0.05, 0) is 36.6 Å². The van der Waals surface area contributed by atoms with Crippen LogP contribution in [0.25, 0.3) is 0 Å². The molecule has 2 aromatic carbocycles. The third kappa shape index (κ3) is 4.10. The predicted octanol–water partition coefficient (Wildman–Crippen LogP) is 3.60.